The maximum absolute atomic E-state index is 5.42. The Kier molecular flexibility index (Phi) is 5.06. The van der Waals surface area contributed by atoms with Crippen LogP contribution < -0.4 is 20.1 Å². The van der Waals surface area contributed by atoms with E-state index in [9.17, 15) is 0 Å². The summed E-state index contributed by atoms with van der Waals surface area (Å²) in [6, 6.07) is 6.51. The van der Waals surface area contributed by atoms with E-state index in [4.69, 9.17) is 21.7 Å². The smallest absolute Gasteiger partial charge is 0.166 e. The van der Waals surface area contributed by atoms with Crippen LogP contribution in [0.4, 0.5) is 0 Å². The molecule has 2 N–H and O–H groups in total. The van der Waals surface area contributed by atoms with Crippen molar-refractivity contribution in [2.45, 2.75) is 25.3 Å². The van der Waals surface area contributed by atoms with E-state index in [2.05, 4.69) is 28.9 Å². The molecule has 0 aromatic heterocycles. The highest BCUT2D eigenvalue weighted by Gasteiger charge is 2.35. The highest BCUT2D eigenvalue weighted by molar-refractivity contribution is 7.80. The van der Waals surface area contributed by atoms with Gasteiger partial charge < -0.3 is 20.1 Å². The van der Waals surface area contributed by atoms with E-state index >= 15 is 0 Å². The fraction of sp³-hybridized carbons (Fsp3) is 0.500. The summed E-state index contributed by atoms with van der Waals surface area (Å²) in [5, 5.41) is 7.53. The van der Waals surface area contributed by atoms with Gasteiger partial charge in [-0.05, 0) is 61.0 Å². The fourth-order valence-corrected chi connectivity index (χ4v) is 3.78. The summed E-state index contributed by atoms with van der Waals surface area (Å²) in [5.74, 6) is 2.93. The van der Waals surface area contributed by atoms with Gasteiger partial charge in [-0.25, -0.2) is 0 Å². The summed E-state index contributed by atoms with van der Waals surface area (Å²) in [5.41, 5.74) is 1.20. The molecule has 1 saturated carbocycles. The van der Waals surface area contributed by atoms with Crippen LogP contribution in [0.1, 0.15) is 18.4 Å². The van der Waals surface area contributed by atoms with Crippen LogP contribution in [0.5, 0.6) is 11.5 Å². The van der Waals surface area contributed by atoms with Crippen LogP contribution in [0.15, 0.2) is 30.4 Å². The van der Waals surface area contributed by atoms with E-state index in [0.29, 0.717) is 12.0 Å². The Bertz CT molecular complexity index is 603. The van der Waals surface area contributed by atoms with Crippen molar-refractivity contribution in [3.05, 3.63) is 35.9 Å². The predicted octanol–water partition coefficient (Wildman–Crippen LogP) is 2.68. The molecule has 1 fully saturated rings. The molecule has 3 atom stereocenters. The molecule has 3 rings (SSSR count). The zero-order valence-electron chi connectivity index (χ0n) is 13.7. The zero-order valence-corrected chi connectivity index (χ0v) is 14.5. The molecule has 1 aromatic rings. The minimum absolute atomic E-state index is 0.506. The van der Waals surface area contributed by atoms with Crippen molar-refractivity contribution < 1.29 is 9.47 Å². The Morgan fingerprint density at radius 1 is 1.17 bits per heavy atom. The predicted molar refractivity (Wildman–Crippen MR) is 96.1 cm³/mol. The third kappa shape index (κ3) is 3.78. The van der Waals surface area contributed by atoms with Crippen molar-refractivity contribution in [3.63, 3.8) is 0 Å². The van der Waals surface area contributed by atoms with Crippen molar-refractivity contribution in [1.82, 2.24) is 10.6 Å². The number of ether oxygens (including phenoxy) is 2. The molecule has 0 aliphatic heterocycles. The summed E-state index contributed by atoms with van der Waals surface area (Å²) in [4.78, 5) is 0. The largest absolute Gasteiger partial charge is 0.493 e. The van der Waals surface area contributed by atoms with Gasteiger partial charge in [0.05, 0.1) is 14.2 Å². The maximum atomic E-state index is 5.42. The Morgan fingerprint density at radius 3 is 2.65 bits per heavy atom. The van der Waals surface area contributed by atoms with Gasteiger partial charge in [0.15, 0.2) is 16.6 Å². The monoisotopic (exact) mass is 332 g/mol. The lowest BCUT2D eigenvalue weighted by molar-refractivity contribution is 0.354. The zero-order chi connectivity index (χ0) is 16.2. The highest BCUT2D eigenvalue weighted by atomic mass is 32.1. The number of rotatable bonds is 6. The topological polar surface area (TPSA) is 42.5 Å². The van der Waals surface area contributed by atoms with Gasteiger partial charge >= 0.3 is 0 Å². The Morgan fingerprint density at radius 2 is 2.00 bits per heavy atom. The average molecular weight is 332 g/mol. The van der Waals surface area contributed by atoms with Gasteiger partial charge in [0.1, 0.15) is 0 Å². The van der Waals surface area contributed by atoms with Crippen LogP contribution in [-0.4, -0.2) is 31.9 Å². The van der Waals surface area contributed by atoms with Gasteiger partial charge in [0.25, 0.3) is 0 Å². The number of allylic oxidation sites excluding steroid dienone is 1. The molecule has 23 heavy (non-hydrogen) atoms. The highest BCUT2D eigenvalue weighted by Crippen LogP contribution is 2.38. The third-order valence-corrected chi connectivity index (χ3v) is 5.00. The minimum atomic E-state index is 0.506. The molecule has 1 aromatic carbocycles. The lowest BCUT2D eigenvalue weighted by atomic mass is 10.0. The van der Waals surface area contributed by atoms with Crippen molar-refractivity contribution in [3.8, 4) is 11.5 Å². The van der Waals surface area contributed by atoms with Gasteiger partial charge in [0.2, 0.25) is 0 Å². The summed E-state index contributed by atoms with van der Waals surface area (Å²) >= 11 is 5.42. The molecular weight excluding hydrogens is 308 g/mol. The normalized spacial score (nSPS) is 24.5. The standard InChI is InChI=1S/C18H24N2O2S/c1-21-16-6-4-12(11-17(16)22-2)7-8-19-18(23)20-15-10-13-3-5-14(15)9-13/h3-6,11,13-15H,7-10H2,1-2H3,(H2,19,20,23)/t13-,14-,15-/m1/s1. The second-order valence-corrected chi connectivity index (χ2v) is 6.63. The average Bonchev–Trinajstić information content (AvgIpc) is 3.17. The van der Waals surface area contributed by atoms with Crippen molar-refractivity contribution in [1.29, 1.82) is 0 Å². The quantitative estimate of drug-likeness (QED) is 0.619. The Hall–Kier alpha value is -1.75. The first-order valence-corrected chi connectivity index (χ1v) is 8.54. The molecule has 4 nitrogen and oxygen atoms in total. The van der Waals surface area contributed by atoms with Gasteiger partial charge in [-0.3, -0.25) is 0 Å². The summed E-state index contributed by atoms with van der Waals surface area (Å²) in [6.07, 6.45) is 8.05. The lowest BCUT2D eigenvalue weighted by Gasteiger charge is -2.22. The first-order chi connectivity index (χ1) is 11.2. The Balaban J connectivity index is 1.44. The fourth-order valence-electron chi connectivity index (χ4n) is 3.52. The number of benzene rings is 1. The number of methoxy groups -OCH3 is 2. The summed E-state index contributed by atoms with van der Waals surface area (Å²) < 4.78 is 10.6. The van der Waals surface area contributed by atoms with Gasteiger partial charge in [-0.2, -0.15) is 0 Å². The van der Waals surface area contributed by atoms with Crippen LogP contribution in [0, 0.1) is 11.8 Å². The van der Waals surface area contributed by atoms with E-state index in [1.807, 2.05) is 12.1 Å². The van der Waals surface area contributed by atoms with Gasteiger partial charge in [-0.15, -0.1) is 0 Å². The molecule has 0 saturated heterocycles. The van der Waals surface area contributed by atoms with E-state index in [0.717, 1.165) is 35.5 Å². The maximum Gasteiger partial charge on any atom is 0.166 e. The van der Waals surface area contributed by atoms with E-state index in [1.165, 1.54) is 18.4 Å². The van der Waals surface area contributed by atoms with Crippen molar-refractivity contribution >= 4 is 17.3 Å². The van der Waals surface area contributed by atoms with Gasteiger partial charge in [0, 0.05) is 12.6 Å². The molecule has 124 valence electrons. The molecule has 5 heteroatoms. The van der Waals surface area contributed by atoms with E-state index in [1.54, 1.807) is 14.2 Å². The second kappa shape index (κ2) is 7.21. The molecule has 2 bridgehead atoms. The third-order valence-electron chi connectivity index (χ3n) is 4.74. The molecular formula is C18H24N2O2S. The first-order valence-electron chi connectivity index (χ1n) is 8.13. The summed E-state index contributed by atoms with van der Waals surface area (Å²) in [6.45, 7) is 0.804. The SMILES string of the molecule is COc1ccc(CCNC(=S)N[C@@H]2C[C@@H]3C=C[C@@H]2C3)cc1OC. The lowest BCUT2D eigenvalue weighted by Crippen LogP contribution is -2.44. The molecule has 0 amide bonds. The molecule has 0 spiro atoms. The molecule has 0 heterocycles. The molecule has 0 unspecified atom stereocenters. The number of fused-ring (bicyclic) bond motifs is 2. The number of hydrogen-bond acceptors (Lipinski definition) is 3. The minimum Gasteiger partial charge on any atom is -0.493 e. The molecule has 2 aliphatic carbocycles. The van der Waals surface area contributed by atoms with E-state index in [-0.39, 0.29) is 0 Å². The van der Waals surface area contributed by atoms with Gasteiger partial charge in [-0.1, -0.05) is 18.2 Å². The van der Waals surface area contributed by atoms with Crippen LogP contribution in [0.25, 0.3) is 0 Å². The molecule has 2 aliphatic rings. The van der Waals surface area contributed by atoms with Crippen LogP contribution in [-0.2, 0) is 6.42 Å². The van der Waals surface area contributed by atoms with Crippen LogP contribution >= 0.6 is 12.2 Å². The summed E-state index contributed by atoms with van der Waals surface area (Å²) in [7, 11) is 3.30. The number of nitrogens with one attached hydrogen (secondary N) is 2. The van der Waals surface area contributed by atoms with Crippen LogP contribution in [0.2, 0.25) is 0 Å². The first kappa shape index (κ1) is 16.1. The second-order valence-electron chi connectivity index (χ2n) is 6.23. The number of thiocarbonyl (C=S) groups is 1. The molecule has 0 radical (unpaired) electrons. The van der Waals surface area contributed by atoms with Crippen LogP contribution in [0.3, 0.4) is 0 Å². The van der Waals surface area contributed by atoms with Crippen molar-refractivity contribution in [2.75, 3.05) is 20.8 Å². The van der Waals surface area contributed by atoms with E-state index < -0.39 is 0 Å². The number of hydrogen-bond donors (Lipinski definition) is 2. The van der Waals surface area contributed by atoms with Crippen molar-refractivity contribution in [2.24, 2.45) is 11.8 Å². The Labute approximate surface area is 143 Å².